The zero-order chi connectivity index (χ0) is 12.8. The van der Waals surface area contributed by atoms with Crippen LogP contribution < -0.4 is 5.32 Å². The third kappa shape index (κ3) is 1.82. The van der Waals surface area contributed by atoms with Crippen LogP contribution in [0.15, 0.2) is 24.0 Å². The Balaban J connectivity index is 2.64. The normalized spacial score (nSPS) is 18.5. The van der Waals surface area contributed by atoms with Gasteiger partial charge in [0.05, 0.1) is 11.1 Å². The Kier molecular flexibility index (Phi) is 2.49. The van der Waals surface area contributed by atoms with E-state index in [9.17, 15) is 9.90 Å². The second-order valence-electron chi connectivity index (χ2n) is 5.12. The highest BCUT2D eigenvalue weighted by Crippen LogP contribution is 2.33. The molecule has 17 heavy (non-hydrogen) atoms. The van der Waals surface area contributed by atoms with Crippen molar-refractivity contribution in [3.05, 3.63) is 40.6 Å². The Bertz CT molecular complexity index is 527. The molecule has 2 N–H and O–H groups in total. The van der Waals surface area contributed by atoms with Crippen molar-refractivity contribution >= 4 is 11.5 Å². The van der Waals surface area contributed by atoms with Crippen LogP contribution >= 0.6 is 0 Å². The van der Waals surface area contributed by atoms with E-state index >= 15 is 0 Å². The van der Waals surface area contributed by atoms with E-state index in [1.165, 1.54) is 0 Å². The molecule has 0 saturated heterocycles. The van der Waals surface area contributed by atoms with Gasteiger partial charge in [0.25, 0.3) is 5.91 Å². The Morgan fingerprint density at radius 1 is 1.24 bits per heavy atom. The molecule has 0 aliphatic carbocycles. The standard InChI is InChI=1S/C14H17NO2/c1-8-5-6-9(2)10(7-8)11-12(16)14(3,4)15-13(11)17/h5-7,16H,1-4H3,(H,15,17). The third-order valence-corrected chi connectivity index (χ3v) is 3.14. The summed E-state index contributed by atoms with van der Waals surface area (Å²) in [5, 5.41) is 12.9. The van der Waals surface area contributed by atoms with E-state index in [1.54, 1.807) is 13.8 Å². The molecule has 0 atom stereocenters. The van der Waals surface area contributed by atoms with Crippen LogP contribution in [0.4, 0.5) is 0 Å². The molecule has 1 aliphatic heterocycles. The molecule has 0 radical (unpaired) electrons. The van der Waals surface area contributed by atoms with Crippen LogP contribution in [0.1, 0.15) is 30.5 Å². The molecular formula is C14H17NO2. The molecule has 0 unspecified atom stereocenters. The smallest absolute Gasteiger partial charge is 0.256 e. The molecule has 3 heteroatoms. The van der Waals surface area contributed by atoms with E-state index in [-0.39, 0.29) is 11.7 Å². The van der Waals surface area contributed by atoms with Crippen molar-refractivity contribution in [2.45, 2.75) is 33.2 Å². The molecule has 3 nitrogen and oxygen atoms in total. The first-order valence-corrected chi connectivity index (χ1v) is 5.67. The summed E-state index contributed by atoms with van der Waals surface area (Å²) in [6, 6.07) is 5.89. The van der Waals surface area contributed by atoms with Gasteiger partial charge in [-0.2, -0.15) is 0 Å². The van der Waals surface area contributed by atoms with Gasteiger partial charge in [0.2, 0.25) is 0 Å². The first-order valence-electron chi connectivity index (χ1n) is 5.67. The fourth-order valence-corrected chi connectivity index (χ4v) is 2.08. The van der Waals surface area contributed by atoms with Crippen LogP contribution in [0.25, 0.3) is 5.57 Å². The molecule has 1 amide bonds. The summed E-state index contributed by atoms with van der Waals surface area (Å²) in [5.41, 5.74) is 2.60. The van der Waals surface area contributed by atoms with Crippen molar-refractivity contribution in [3.63, 3.8) is 0 Å². The van der Waals surface area contributed by atoms with Crippen molar-refractivity contribution in [3.8, 4) is 0 Å². The number of hydrogen-bond acceptors (Lipinski definition) is 2. The van der Waals surface area contributed by atoms with Crippen molar-refractivity contribution in [2.24, 2.45) is 0 Å². The van der Waals surface area contributed by atoms with Gasteiger partial charge in [-0.25, -0.2) is 0 Å². The zero-order valence-corrected chi connectivity index (χ0v) is 10.6. The van der Waals surface area contributed by atoms with E-state index in [2.05, 4.69) is 5.32 Å². The number of aliphatic hydroxyl groups is 1. The number of nitrogens with one attached hydrogen (secondary N) is 1. The van der Waals surface area contributed by atoms with Crippen molar-refractivity contribution < 1.29 is 9.90 Å². The third-order valence-electron chi connectivity index (χ3n) is 3.14. The van der Waals surface area contributed by atoms with Gasteiger partial charge < -0.3 is 10.4 Å². The van der Waals surface area contributed by atoms with Crippen LogP contribution in [0, 0.1) is 13.8 Å². The maximum absolute atomic E-state index is 11.9. The number of carbonyl (C=O) groups excluding carboxylic acids is 1. The lowest BCUT2D eigenvalue weighted by molar-refractivity contribution is -0.115. The molecule has 0 bridgehead atoms. The second kappa shape index (κ2) is 3.62. The molecule has 0 spiro atoms. The van der Waals surface area contributed by atoms with Gasteiger partial charge >= 0.3 is 0 Å². The SMILES string of the molecule is Cc1ccc(C)c(C2=C(O)C(C)(C)NC2=O)c1. The van der Waals surface area contributed by atoms with Gasteiger partial charge in [0, 0.05) is 0 Å². The lowest BCUT2D eigenvalue weighted by atomic mass is 9.95. The molecule has 1 aromatic carbocycles. The highest BCUT2D eigenvalue weighted by atomic mass is 16.3. The van der Waals surface area contributed by atoms with Gasteiger partial charge in [0.15, 0.2) is 0 Å². The van der Waals surface area contributed by atoms with E-state index in [4.69, 9.17) is 0 Å². The average Bonchev–Trinajstić information content (AvgIpc) is 2.41. The molecule has 90 valence electrons. The fourth-order valence-electron chi connectivity index (χ4n) is 2.08. The number of benzene rings is 1. The molecule has 2 rings (SSSR count). The van der Waals surface area contributed by atoms with Crippen molar-refractivity contribution in [2.75, 3.05) is 0 Å². The highest BCUT2D eigenvalue weighted by Gasteiger charge is 2.38. The summed E-state index contributed by atoms with van der Waals surface area (Å²) >= 11 is 0. The number of carbonyl (C=O) groups is 1. The summed E-state index contributed by atoms with van der Waals surface area (Å²) < 4.78 is 0. The summed E-state index contributed by atoms with van der Waals surface area (Å²) in [7, 11) is 0. The van der Waals surface area contributed by atoms with Crippen LogP contribution in [0.3, 0.4) is 0 Å². The molecule has 0 aromatic heterocycles. The van der Waals surface area contributed by atoms with E-state index in [1.807, 2.05) is 32.0 Å². The number of hydrogen-bond donors (Lipinski definition) is 2. The van der Waals surface area contributed by atoms with Crippen LogP contribution in [-0.2, 0) is 4.79 Å². The minimum atomic E-state index is -0.678. The van der Waals surface area contributed by atoms with Crippen LogP contribution in [0.5, 0.6) is 0 Å². The molecule has 1 aliphatic rings. The number of aliphatic hydroxyl groups excluding tert-OH is 1. The van der Waals surface area contributed by atoms with E-state index in [0.717, 1.165) is 16.7 Å². The van der Waals surface area contributed by atoms with Crippen LogP contribution in [0.2, 0.25) is 0 Å². The molecule has 0 saturated carbocycles. The Morgan fingerprint density at radius 2 is 1.88 bits per heavy atom. The summed E-state index contributed by atoms with van der Waals surface area (Å²) in [4.78, 5) is 11.9. The maximum Gasteiger partial charge on any atom is 0.256 e. The van der Waals surface area contributed by atoms with E-state index in [0.29, 0.717) is 5.57 Å². The predicted octanol–water partition coefficient (Wildman–Crippen LogP) is 2.48. The Labute approximate surface area is 101 Å². The quantitative estimate of drug-likeness (QED) is 0.780. The maximum atomic E-state index is 11.9. The minimum Gasteiger partial charge on any atom is -0.509 e. The van der Waals surface area contributed by atoms with Gasteiger partial charge in [-0.05, 0) is 38.8 Å². The van der Waals surface area contributed by atoms with Gasteiger partial charge in [-0.3, -0.25) is 4.79 Å². The lowest BCUT2D eigenvalue weighted by Crippen LogP contribution is -2.38. The van der Waals surface area contributed by atoms with Crippen molar-refractivity contribution in [1.29, 1.82) is 0 Å². The molecule has 1 heterocycles. The monoisotopic (exact) mass is 231 g/mol. The number of aryl methyl sites for hydroxylation is 2. The number of amides is 1. The fraction of sp³-hybridized carbons (Fsp3) is 0.357. The molecule has 1 aromatic rings. The number of rotatable bonds is 1. The van der Waals surface area contributed by atoms with Gasteiger partial charge in [0.1, 0.15) is 5.76 Å². The lowest BCUT2D eigenvalue weighted by Gasteiger charge is -2.17. The first-order chi connectivity index (χ1) is 7.83. The minimum absolute atomic E-state index is 0.121. The van der Waals surface area contributed by atoms with Crippen LogP contribution in [-0.4, -0.2) is 16.6 Å². The molecular weight excluding hydrogens is 214 g/mol. The molecule has 0 fully saturated rings. The van der Waals surface area contributed by atoms with E-state index < -0.39 is 5.54 Å². The van der Waals surface area contributed by atoms with Crippen molar-refractivity contribution in [1.82, 2.24) is 5.32 Å². The first kappa shape index (κ1) is 11.7. The summed E-state index contributed by atoms with van der Waals surface area (Å²) in [6.45, 7) is 7.49. The van der Waals surface area contributed by atoms with Gasteiger partial charge in [-0.1, -0.05) is 23.8 Å². The predicted molar refractivity (Wildman–Crippen MR) is 67.7 cm³/mol. The highest BCUT2D eigenvalue weighted by molar-refractivity contribution is 6.23. The summed E-state index contributed by atoms with van der Waals surface area (Å²) in [6.07, 6.45) is 0. The Morgan fingerprint density at radius 3 is 2.41 bits per heavy atom. The topological polar surface area (TPSA) is 49.3 Å². The largest absolute Gasteiger partial charge is 0.509 e. The zero-order valence-electron chi connectivity index (χ0n) is 10.6. The Hall–Kier alpha value is -1.77. The second-order valence-corrected chi connectivity index (χ2v) is 5.12. The van der Waals surface area contributed by atoms with Gasteiger partial charge in [-0.15, -0.1) is 0 Å². The summed E-state index contributed by atoms with van der Waals surface area (Å²) in [5.74, 6) is -0.0857. The average molecular weight is 231 g/mol.